The van der Waals surface area contributed by atoms with E-state index in [4.69, 9.17) is 0 Å². The van der Waals surface area contributed by atoms with Crippen molar-refractivity contribution in [2.75, 3.05) is 0 Å². The molecule has 18 heavy (non-hydrogen) atoms. The Morgan fingerprint density at radius 2 is 1.50 bits per heavy atom. The van der Waals surface area contributed by atoms with E-state index >= 15 is 0 Å². The van der Waals surface area contributed by atoms with E-state index in [1.165, 1.54) is 16.2 Å². The summed E-state index contributed by atoms with van der Waals surface area (Å²) in [6.07, 6.45) is 0.370. The van der Waals surface area contributed by atoms with E-state index in [0.717, 1.165) is 10.9 Å². The molecular formula is C16H12OS. The molecule has 1 nitrogen and oxygen atoms in total. The minimum absolute atomic E-state index is 0.101. The van der Waals surface area contributed by atoms with Crippen LogP contribution in [0.2, 0.25) is 0 Å². The molecule has 0 radical (unpaired) electrons. The molecule has 0 saturated carbocycles. The van der Waals surface area contributed by atoms with E-state index < -0.39 is 0 Å². The fraction of sp³-hybridized carbons (Fsp3) is 0.0625. The molecular weight excluding hydrogens is 240 g/mol. The third kappa shape index (κ3) is 1.89. The van der Waals surface area contributed by atoms with Crippen LogP contribution in [0.15, 0.2) is 54.6 Å². The Kier molecular flexibility index (Phi) is 2.80. The van der Waals surface area contributed by atoms with Crippen molar-refractivity contribution in [3.05, 3.63) is 60.2 Å². The van der Waals surface area contributed by atoms with Crippen molar-refractivity contribution in [3.63, 3.8) is 0 Å². The van der Waals surface area contributed by atoms with Crippen molar-refractivity contribution in [3.8, 4) is 0 Å². The summed E-state index contributed by atoms with van der Waals surface area (Å²) < 4.78 is 0. The van der Waals surface area contributed by atoms with Gasteiger partial charge in [0.1, 0.15) is 0 Å². The maximum atomic E-state index is 11.3. The van der Waals surface area contributed by atoms with Gasteiger partial charge in [0.2, 0.25) is 0 Å². The fourth-order valence-electron chi connectivity index (χ4n) is 2.44. The molecule has 0 atom stereocenters. The number of fused-ring (bicyclic) bond motifs is 3. The molecule has 3 aromatic carbocycles. The summed E-state index contributed by atoms with van der Waals surface area (Å²) in [5, 5.41) is 4.62. The Balaban J connectivity index is 2.42. The summed E-state index contributed by atoms with van der Waals surface area (Å²) in [6.45, 7) is 0. The zero-order chi connectivity index (χ0) is 12.5. The lowest BCUT2D eigenvalue weighted by atomic mass is 9.96. The predicted molar refractivity (Wildman–Crippen MR) is 79.2 cm³/mol. The average molecular weight is 252 g/mol. The van der Waals surface area contributed by atoms with E-state index in [2.05, 4.69) is 43.0 Å². The van der Waals surface area contributed by atoms with Crippen LogP contribution in [-0.4, -0.2) is 5.12 Å². The third-order valence-electron chi connectivity index (χ3n) is 3.20. The van der Waals surface area contributed by atoms with Crippen molar-refractivity contribution in [2.45, 2.75) is 6.42 Å². The maximum absolute atomic E-state index is 11.3. The molecule has 0 bridgehead atoms. The number of hydrogen-bond acceptors (Lipinski definition) is 1. The second kappa shape index (κ2) is 4.46. The number of benzene rings is 3. The van der Waals surface area contributed by atoms with Crippen LogP contribution in [0.4, 0.5) is 0 Å². The fourth-order valence-corrected chi connectivity index (χ4v) is 2.61. The number of thiol groups is 1. The molecule has 3 aromatic rings. The van der Waals surface area contributed by atoms with Crippen molar-refractivity contribution in [1.29, 1.82) is 0 Å². The number of carbonyl (C=O) groups excluding carboxylic acids is 1. The van der Waals surface area contributed by atoms with Gasteiger partial charge < -0.3 is 0 Å². The molecule has 0 saturated heterocycles. The van der Waals surface area contributed by atoms with Gasteiger partial charge >= 0.3 is 0 Å². The summed E-state index contributed by atoms with van der Waals surface area (Å²) in [7, 11) is 0. The smallest absolute Gasteiger partial charge is 0.190 e. The zero-order valence-corrected chi connectivity index (χ0v) is 10.7. The predicted octanol–water partition coefficient (Wildman–Crippen LogP) is 3.99. The number of hydrogen-bond donors (Lipinski definition) is 1. The zero-order valence-electron chi connectivity index (χ0n) is 9.76. The van der Waals surface area contributed by atoms with Crippen molar-refractivity contribution >= 4 is 39.3 Å². The van der Waals surface area contributed by atoms with E-state index in [0.29, 0.717) is 6.42 Å². The van der Waals surface area contributed by atoms with Gasteiger partial charge in [0.05, 0.1) is 0 Å². The molecule has 0 aliphatic heterocycles. The van der Waals surface area contributed by atoms with E-state index in [1.54, 1.807) is 0 Å². The van der Waals surface area contributed by atoms with Crippen molar-refractivity contribution in [1.82, 2.24) is 0 Å². The summed E-state index contributed by atoms with van der Waals surface area (Å²) in [5.41, 5.74) is 1.05. The third-order valence-corrected chi connectivity index (χ3v) is 3.35. The lowest BCUT2D eigenvalue weighted by Crippen LogP contribution is -1.95. The molecule has 0 unspecified atom stereocenters. The molecule has 88 valence electrons. The molecule has 0 aromatic heterocycles. The second-order valence-electron chi connectivity index (χ2n) is 4.37. The van der Waals surface area contributed by atoms with Gasteiger partial charge in [-0.3, -0.25) is 4.79 Å². The van der Waals surface area contributed by atoms with Crippen LogP contribution in [0.5, 0.6) is 0 Å². The average Bonchev–Trinajstić information content (AvgIpc) is 2.38. The van der Waals surface area contributed by atoms with Crippen LogP contribution >= 0.6 is 12.6 Å². The Morgan fingerprint density at radius 3 is 2.22 bits per heavy atom. The minimum atomic E-state index is -0.101. The van der Waals surface area contributed by atoms with Gasteiger partial charge in [0, 0.05) is 6.42 Å². The van der Waals surface area contributed by atoms with Gasteiger partial charge in [-0.25, -0.2) is 0 Å². The molecule has 0 amide bonds. The number of carbonyl (C=O) groups is 1. The molecule has 0 heterocycles. The normalized spacial score (nSPS) is 10.9. The summed E-state index contributed by atoms with van der Waals surface area (Å²) in [6, 6.07) is 18.5. The van der Waals surface area contributed by atoms with Gasteiger partial charge in [-0.1, -0.05) is 54.6 Å². The van der Waals surface area contributed by atoms with Crippen molar-refractivity contribution in [2.24, 2.45) is 0 Å². The molecule has 0 fully saturated rings. The first-order valence-electron chi connectivity index (χ1n) is 5.87. The molecule has 0 N–H and O–H groups in total. The summed E-state index contributed by atoms with van der Waals surface area (Å²) in [5.74, 6) is 0. The highest BCUT2D eigenvalue weighted by Crippen LogP contribution is 2.29. The highest BCUT2D eigenvalue weighted by Gasteiger charge is 2.07. The Labute approximate surface area is 111 Å². The first kappa shape index (κ1) is 11.3. The first-order chi connectivity index (χ1) is 8.75. The largest absolute Gasteiger partial charge is 0.287 e. The molecule has 2 heteroatoms. The number of rotatable bonds is 2. The first-order valence-corrected chi connectivity index (χ1v) is 6.31. The van der Waals surface area contributed by atoms with Crippen LogP contribution in [0.1, 0.15) is 5.56 Å². The molecule has 0 spiro atoms. The lowest BCUT2D eigenvalue weighted by molar-refractivity contribution is -0.110. The Morgan fingerprint density at radius 1 is 0.889 bits per heavy atom. The SMILES string of the molecule is O=C(S)Cc1cc2ccccc2c2ccccc12. The van der Waals surface area contributed by atoms with Crippen LogP contribution in [0.25, 0.3) is 21.5 Å². The molecule has 0 aliphatic rings. The van der Waals surface area contributed by atoms with Gasteiger partial charge in [-0.05, 0) is 27.1 Å². The quantitative estimate of drug-likeness (QED) is 0.539. The van der Waals surface area contributed by atoms with E-state index in [1.807, 2.05) is 24.3 Å². The van der Waals surface area contributed by atoms with Crippen LogP contribution in [0.3, 0.4) is 0 Å². The highest BCUT2D eigenvalue weighted by atomic mass is 32.1. The van der Waals surface area contributed by atoms with Gasteiger partial charge in [-0.2, -0.15) is 0 Å². The maximum Gasteiger partial charge on any atom is 0.190 e. The molecule has 0 aliphatic carbocycles. The summed E-state index contributed by atoms with van der Waals surface area (Å²) >= 11 is 3.89. The molecule has 3 rings (SSSR count). The lowest BCUT2D eigenvalue weighted by Gasteiger charge is -2.09. The standard InChI is InChI=1S/C16H12OS/c17-16(18)10-12-9-11-5-1-2-6-13(11)15-8-4-3-7-14(12)15/h1-9H,10H2,(H,17,18). The van der Waals surface area contributed by atoms with E-state index in [-0.39, 0.29) is 5.12 Å². The van der Waals surface area contributed by atoms with Crippen LogP contribution in [-0.2, 0) is 11.2 Å². The van der Waals surface area contributed by atoms with E-state index in [9.17, 15) is 4.79 Å². The van der Waals surface area contributed by atoms with Crippen LogP contribution in [0, 0.1) is 0 Å². The van der Waals surface area contributed by atoms with Gasteiger partial charge in [0.15, 0.2) is 5.12 Å². The Hall–Kier alpha value is -1.80. The summed E-state index contributed by atoms with van der Waals surface area (Å²) in [4.78, 5) is 11.3. The van der Waals surface area contributed by atoms with Gasteiger partial charge in [0.25, 0.3) is 0 Å². The van der Waals surface area contributed by atoms with Gasteiger partial charge in [-0.15, -0.1) is 12.6 Å². The Bertz CT molecular complexity index is 746. The second-order valence-corrected chi connectivity index (χ2v) is 4.87. The topological polar surface area (TPSA) is 17.1 Å². The minimum Gasteiger partial charge on any atom is -0.287 e. The van der Waals surface area contributed by atoms with Crippen molar-refractivity contribution < 1.29 is 4.79 Å². The highest BCUT2D eigenvalue weighted by molar-refractivity contribution is 7.96. The monoisotopic (exact) mass is 252 g/mol. The van der Waals surface area contributed by atoms with Crippen LogP contribution < -0.4 is 0 Å².